The van der Waals surface area contributed by atoms with Crippen molar-refractivity contribution in [1.82, 2.24) is 0 Å². The van der Waals surface area contributed by atoms with Crippen molar-refractivity contribution in [3.8, 4) is 11.5 Å². The van der Waals surface area contributed by atoms with E-state index in [-0.39, 0.29) is 0 Å². The normalized spacial score (nSPS) is 12.2. The van der Waals surface area contributed by atoms with Crippen LogP contribution in [0.4, 0.5) is 0 Å². The fourth-order valence-corrected chi connectivity index (χ4v) is 2.24. The average molecular weight is 354 g/mol. The van der Waals surface area contributed by atoms with Gasteiger partial charge in [-0.15, -0.1) is 0 Å². The van der Waals surface area contributed by atoms with Crippen LogP contribution in [0.5, 0.6) is 11.5 Å². The SMILES string of the molecule is CCC(O)c1ccccc1Oc1cccc(I)c1. The van der Waals surface area contributed by atoms with Gasteiger partial charge in [0.05, 0.1) is 6.10 Å². The Morgan fingerprint density at radius 3 is 2.67 bits per heavy atom. The maximum atomic E-state index is 9.96. The molecule has 94 valence electrons. The highest BCUT2D eigenvalue weighted by molar-refractivity contribution is 14.1. The predicted molar refractivity (Wildman–Crippen MR) is 80.9 cm³/mol. The van der Waals surface area contributed by atoms with Crippen molar-refractivity contribution in [1.29, 1.82) is 0 Å². The van der Waals surface area contributed by atoms with Gasteiger partial charge in [0.15, 0.2) is 0 Å². The minimum Gasteiger partial charge on any atom is -0.457 e. The summed E-state index contributed by atoms with van der Waals surface area (Å²) in [6, 6.07) is 15.5. The molecule has 0 aliphatic carbocycles. The molecule has 2 aromatic carbocycles. The lowest BCUT2D eigenvalue weighted by molar-refractivity contribution is 0.170. The Labute approximate surface area is 121 Å². The van der Waals surface area contributed by atoms with Crippen LogP contribution >= 0.6 is 22.6 Å². The zero-order valence-electron chi connectivity index (χ0n) is 10.1. The molecule has 0 saturated heterocycles. The van der Waals surface area contributed by atoms with Gasteiger partial charge in [-0.05, 0) is 53.3 Å². The second-order valence-electron chi connectivity index (χ2n) is 4.02. The lowest BCUT2D eigenvalue weighted by Crippen LogP contribution is -1.98. The number of halogens is 1. The van der Waals surface area contributed by atoms with Crippen LogP contribution in [0.1, 0.15) is 25.0 Å². The summed E-state index contributed by atoms with van der Waals surface area (Å²) in [4.78, 5) is 0. The number of hydrogen-bond donors (Lipinski definition) is 1. The van der Waals surface area contributed by atoms with E-state index in [1.807, 2.05) is 55.5 Å². The van der Waals surface area contributed by atoms with Crippen LogP contribution in [0.15, 0.2) is 48.5 Å². The number of para-hydroxylation sites is 1. The summed E-state index contributed by atoms with van der Waals surface area (Å²) in [6.07, 6.45) is 0.191. The monoisotopic (exact) mass is 354 g/mol. The zero-order chi connectivity index (χ0) is 13.0. The third-order valence-corrected chi connectivity index (χ3v) is 3.36. The Balaban J connectivity index is 2.29. The van der Waals surface area contributed by atoms with Gasteiger partial charge in [-0.1, -0.05) is 31.2 Å². The van der Waals surface area contributed by atoms with Gasteiger partial charge in [-0.2, -0.15) is 0 Å². The molecule has 0 bridgehead atoms. The number of benzene rings is 2. The Morgan fingerprint density at radius 1 is 1.17 bits per heavy atom. The van der Waals surface area contributed by atoms with E-state index >= 15 is 0 Å². The molecule has 0 aromatic heterocycles. The second kappa shape index (κ2) is 6.20. The van der Waals surface area contributed by atoms with Crippen LogP contribution in [0.3, 0.4) is 0 Å². The zero-order valence-corrected chi connectivity index (χ0v) is 12.3. The van der Waals surface area contributed by atoms with Crippen LogP contribution in [-0.2, 0) is 0 Å². The Hall–Kier alpha value is -1.07. The van der Waals surface area contributed by atoms with Gasteiger partial charge in [0, 0.05) is 9.13 Å². The van der Waals surface area contributed by atoms with Gasteiger partial charge >= 0.3 is 0 Å². The molecule has 0 fully saturated rings. The van der Waals surface area contributed by atoms with Crippen LogP contribution in [0.25, 0.3) is 0 Å². The molecule has 0 heterocycles. The molecule has 2 nitrogen and oxygen atoms in total. The van der Waals surface area contributed by atoms with E-state index in [0.717, 1.165) is 14.9 Å². The van der Waals surface area contributed by atoms with Crippen molar-refractivity contribution in [3.63, 3.8) is 0 Å². The summed E-state index contributed by atoms with van der Waals surface area (Å²) in [6.45, 7) is 1.95. The molecule has 0 aliphatic heterocycles. The molecule has 0 radical (unpaired) electrons. The summed E-state index contributed by atoms with van der Waals surface area (Å²) >= 11 is 2.25. The van der Waals surface area contributed by atoms with Crippen molar-refractivity contribution in [3.05, 3.63) is 57.7 Å². The molecule has 2 aromatic rings. The molecule has 18 heavy (non-hydrogen) atoms. The highest BCUT2D eigenvalue weighted by Crippen LogP contribution is 2.31. The number of hydrogen-bond acceptors (Lipinski definition) is 2. The smallest absolute Gasteiger partial charge is 0.133 e. The van der Waals surface area contributed by atoms with Gasteiger partial charge in [0.1, 0.15) is 11.5 Å². The van der Waals surface area contributed by atoms with Crippen molar-refractivity contribution in [2.45, 2.75) is 19.4 Å². The van der Waals surface area contributed by atoms with Gasteiger partial charge < -0.3 is 9.84 Å². The first-order chi connectivity index (χ1) is 8.70. The average Bonchev–Trinajstić information content (AvgIpc) is 2.38. The van der Waals surface area contributed by atoms with Crippen molar-refractivity contribution < 1.29 is 9.84 Å². The highest BCUT2D eigenvalue weighted by Gasteiger charge is 2.11. The number of aliphatic hydroxyl groups excluding tert-OH is 1. The molecule has 1 unspecified atom stereocenters. The molecule has 0 spiro atoms. The molecule has 2 rings (SSSR count). The highest BCUT2D eigenvalue weighted by atomic mass is 127. The fraction of sp³-hybridized carbons (Fsp3) is 0.200. The van der Waals surface area contributed by atoms with Crippen molar-refractivity contribution >= 4 is 22.6 Å². The molecule has 0 aliphatic rings. The second-order valence-corrected chi connectivity index (χ2v) is 5.27. The van der Waals surface area contributed by atoms with Crippen LogP contribution in [-0.4, -0.2) is 5.11 Å². The lowest BCUT2D eigenvalue weighted by atomic mass is 10.1. The van der Waals surface area contributed by atoms with E-state index in [2.05, 4.69) is 22.6 Å². The van der Waals surface area contributed by atoms with E-state index < -0.39 is 6.10 Å². The molecule has 0 amide bonds. The third kappa shape index (κ3) is 3.23. The molecule has 1 N–H and O–H groups in total. The first-order valence-electron chi connectivity index (χ1n) is 5.91. The maximum absolute atomic E-state index is 9.96. The van der Waals surface area contributed by atoms with Gasteiger partial charge in [0.25, 0.3) is 0 Å². The molecule has 0 saturated carbocycles. The summed E-state index contributed by atoms with van der Waals surface area (Å²) in [7, 11) is 0. The van der Waals surface area contributed by atoms with Crippen LogP contribution < -0.4 is 4.74 Å². The lowest BCUT2D eigenvalue weighted by Gasteiger charge is -2.14. The van der Waals surface area contributed by atoms with Gasteiger partial charge in [0.2, 0.25) is 0 Å². The van der Waals surface area contributed by atoms with Crippen molar-refractivity contribution in [2.75, 3.05) is 0 Å². The minimum atomic E-state index is -0.482. The number of rotatable bonds is 4. The Bertz CT molecular complexity index is 525. The first kappa shape index (κ1) is 13.4. The van der Waals surface area contributed by atoms with E-state index in [1.54, 1.807) is 0 Å². The summed E-state index contributed by atoms with van der Waals surface area (Å²) in [5, 5.41) is 9.96. The number of ether oxygens (including phenoxy) is 1. The van der Waals surface area contributed by atoms with Crippen LogP contribution in [0.2, 0.25) is 0 Å². The van der Waals surface area contributed by atoms with E-state index in [1.165, 1.54) is 0 Å². The fourth-order valence-electron chi connectivity index (χ4n) is 1.73. The molecule has 1 atom stereocenters. The van der Waals surface area contributed by atoms with E-state index in [4.69, 9.17) is 4.74 Å². The molecular weight excluding hydrogens is 339 g/mol. The quantitative estimate of drug-likeness (QED) is 0.818. The van der Waals surface area contributed by atoms with Crippen LogP contribution in [0, 0.1) is 3.57 Å². The van der Waals surface area contributed by atoms with E-state index in [0.29, 0.717) is 12.2 Å². The Morgan fingerprint density at radius 2 is 1.94 bits per heavy atom. The standard InChI is InChI=1S/C15H15IO2/c1-2-14(17)13-8-3-4-9-15(13)18-12-7-5-6-11(16)10-12/h3-10,14,17H,2H2,1H3. The summed E-state index contributed by atoms with van der Waals surface area (Å²) in [5.74, 6) is 1.51. The van der Waals surface area contributed by atoms with E-state index in [9.17, 15) is 5.11 Å². The summed E-state index contributed by atoms with van der Waals surface area (Å²) in [5.41, 5.74) is 0.832. The Kier molecular flexibility index (Phi) is 4.60. The van der Waals surface area contributed by atoms with Gasteiger partial charge in [-0.3, -0.25) is 0 Å². The third-order valence-electron chi connectivity index (χ3n) is 2.69. The largest absolute Gasteiger partial charge is 0.457 e. The summed E-state index contributed by atoms with van der Waals surface area (Å²) < 4.78 is 6.97. The predicted octanol–water partition coefficient (Wildman–Crippen LogP) is 4.53. The van der Waals surface area contributed by atoms with Gasteiger partial charge in [-0.25, -0.2) is 0 Å². The minimum absolute atomic E-state index is 0.482. The van der Waals surface area contributed by atoms with Crippen molar-refractivity contribution in [2.24, 2.45) is 0 Å². The maximum Gasteiger partial charge on any atom is 0.133 e. The first-order valence-corrected chi connectivity index (χ1v) is 6.99. The topological polar surface area (TPSA) is 29.5 Å². The number of aliphatic hydroxyl groups is 1. The molecular formula is C15H15IO2. The molecule has 3 heteroatoms.